The number of carbonyl (C=O) groups excluding carboxylic acids is 1. The van der Waals surface area contributed by atoms with Gasteiger partial charge < -0.3 is 0 Å². The molecule has 1 spiro atoms. The van der Waals surface area contributed by atoms with Crippen LogP contribution in [0.25, 0.3) is 0 Å². The van der Waals surface area contributed by atoms with E-state index in [2.05, 4.69) is 10.1 Å². The number of hydrogen-bond acceptors (Lipinski definition) is 7. The summed E-state index contributed by atoms with van der Waals surface area (Å²) in [7, 11) is -2.69. The smallest absolute Gasteiger partial charge is 0.283 e. The summed E-state index contributed by atoms with van der Waals surface area (Å²) in [4.78, 5) is 18.8. The zero-order valence-electron chi connectivity index (χ0n) is 24.7. The topological polar surface area (TPSA) is 114 Å². The van der Waals surface area contributed by atoms with Crippen LogP contribution in [0, 0.1) is 17.2 Å². The van der Waals surface area contributed by atoms with Crippen LogP contribution in [-0.4, -0.2) is 52.5 Å². The highest BCUT2D eigenvalue weighted by atomic mass is 32.2. The molecule has 2 aromatic heterocycles. The number of rotatable bonds is 7. The summed E-state index contributed by atoms with van der Waals surface area (Å²) in [6.45, 7) is -1.41. The minimum absolute atomic E-state index is 0.0398. The van der Waals surface area contributed by atoms with Crippen molar-refractivity contribution in [3.63, 3.8) is 0 Å². The molecule has 2 heterocycles. The number of anilines is 1. The quantitative estimate of drug-likeness (QED) is 0.218. The first-order valence-corrected chi connectivity index (χ1v) is 16.2. The highest BCUT2D eigenvalue weighted by molar-refractivity contribution is 7.89. The number of nitrogens with zero attached hydrogens (tertiary/aromatic N) is 5. The molecule has 1 unspecified atom stereocenters. The molecule has 1 saturated carbocycles. The zero-order valence-corrected chi connectivity index (χ0v) is 25.5. The van der Waals surface area contributed by atoms with E-state index in [1.54, 1.807) is 13.1 Å². The molecule has 1 aromatic carbocycles. The number of fused-ring (bicyclic) bond motifs is 5. The molecular formula is C32H30F4N6O3S. The summed E-state index contributed by atoms with van der Waals surface area (Å²) in [5.74, 6) is 0.970. The van der Waals surface area contributed by atoms with Crippen molar-refractivity contribution in [3.05, 3.63) is 107 Å². The Kier molecular flexibility index (Phi) is 7.10. The van der Waals surface area contributed by atoms with E-state index < -0.39 is 58.1 Å². The van der Waals surface area contributed by atoms with Gasteiger partial charge in [0.05, 0.1) is 22.7 Å². The van der Waals surface area contributed by atoms with Gasteiger partial charge in [-0.05, 0) is 85.4 Å². The number of pyridine rings is 1. The summed E-state index contributed by atoms with van der Waals surface area (Å²) >= 11 is 0. The number of allylic oxidation sites excluding steroid dienone is 5. The van der Waals surface area contributed by atoms with E-state index in [0.29, 0.717) is 28.1 Å². The van der Waals surface area contributed by atoms with E-state index in [0.717, 1.165) is 10.4 Å². The Morgan fingerprint density at radius 2 is 1.91 bits per heavy atom. The average molecular weight is 655 g/mol. The van der Waals surface area contributed by atoms with Gasteiger partial charge in [0, 0.05) is 37.6 Å². The SMILES string of the molecule is Cn1ccc(S(=O)(=O)N(CCF)[C@H]2CCC3=CC(N(N)c4ccc(F)cc4)=C4C[C@@]3(C2)C(=O)c2cc(ccn2)C(F)(F)C2C=C42)n1. The van der Waals surface area contributed by atoms with Gasteiger partial charge in [-0.3, -0.25) is 19.5 Å². The lowest BCUT2D eigenvalue weighted by Gasteiger charge is -2.47. The van der Waals surface area contributed by atoms with E-state index in [9.17, 15) is 22.0 Å². The van der Waals surface area contributed by atoms with Gasteiger partial charge in [0.2, 0.25) is 0 Å². The standard InChI is InChI=1S/C32H30F4N6O3S/c1-40-12-9-29(39-40)46(44,45)41(13-10-33)23-5-2-19-15-28(42(37)22-6-3-21(34)4-7-22)25-18-31(19,17-23)30(43)27-14-20(8-11-38-27)32(35,36)26-16-24(25)26/h3-4,6-9,11-12,14-16,23,26H,2,5,10,13,17-18,37H2,1H3/t23-,26?,31+/m0/s1. The van der Waals surface area contributed by atoms with Crippen LogP contribution in [0.2, 0.25) is 0 Å². The van der Waals surface area contributed by atoms with Gasteiger partial charge in [0.25, 0.3) is 15.9 Å². The van der Waals surface area contributed by atoms with Crippen molar-refractivity contribution in [1.82, 2.24) is 19.1 Å². The number of ketones is 1. The third-order valence-electron chi connectivity index (χ3n) is 9.51. The highest BCUT2D eigenvalue weighted by Crippen LogP contribution is 2.60. The van der Waals surface area contributed by atoms with E-state index in [-0.39, 0.29) is 42.0 Å². The van der Waals surface area contributed by atoms with E-state index in [4.69, 9.17) is 5.84 Å². The van der Waals surface area contributed by atoms with E-state index in [1.807, 2.05) is 0 Å². The number of benzene rings is 1. The Morgan fingerprint density at radius 3 is 2.61 bits per heavy atom. The second-order valence-electron chi connectivity index (χ2n) is 12.1. The zero-order chi connectivity index (χ0) is 32.6. The lowest BCUT2D eigenvalue weighted by Crippen LogP contribution is -2.51. The van der Waals surface area contributed by atoms with Crippen LogP contribution in [0.1, 0.15) is 41.7 Å². The number of nitrogens with two attached hydrogens (primary N) is 1. The van der Waals surface area contributed by atoms with Crippen molar-refractivity contribution < 1.29 is 30.8 Å². The number of halogens is 4. The number of hydrogen-bond donors (Lipinski definition) is 1. The van der Waals surface area contributed by atoms with Gasteiger partial charge in [0.15, 0.2) is 10.8 Å². The van der Waals surface area contributed by atoms with Gasteiger partial charge in [0.1, 0.15) is 18.2 Å². The Bertz CT molecular complexity index is 1960. The summed E-state index contributed by atoms with van der Waals surface area (Å²) in [6, 6.07) is 8.21. The van der Waals surface area contributed by atoms with Gasteiger partial charge in [-0.2, -0.15) is 9.40 Å². The molecule has 1 fully saturated rings. The number of aryl methyl sites for hydroxylation is 1. The maximum Gasteiger partial charge on any atom is 0.283 e. The summed E-state index contributed by atoms with van der Waals surface area (Å²) in [5.41, 5.74) is 0.239. The van der Waals surface area contributed by atoms with Crippen molar-refractivity contribution in [1.29, 1.82) is 0 Å². The number of hydrazine groups is 1. The van der Waals surface area contributed by atoms with Crippen LogP contribution in [-0.2, 0) is 23.0 Å². The molecule has 7 rings (SSSR count). The molecular weight excluding hydrogens is 624 g/mol. The fourth-order valence-electron chi connectivity index (χ4n) is 7.15. The molecule has 0 radical (unpaired) electrons. The van der Waals surface area contributed by atoms with Crippen molar-refractivity contribution in [2.75, 3.05) is 18.2 Å². The van der Waals surface area contributed by atoms with Crippen molar-refractivity contribution in [2.24, 2.45) is 24.2 Å². The first-order chi connectivity index (χ1) is 21.9. The van der Waals surface area contributed by atoms with Crippen LogP contribution in [0.3, 0.4) is 0 Å². The molecule has 46 heavy (non-hydrogen) atoms. The van der Waals surface area contributed by atoms with Gasteiger partial charge in [-0.25, -0.2) is 31.8 Å². The van der Waals surface area contributed by atoms with Crippen molar-refractivity contribution in [2.45, 2.75) is 42.7 Å². The van der Waals surface area contributed by atoms with Gasteiger partial charge >= 0.3 is 0 Å². The molecule has 4 aliphatic carbocycles. The molecule has 0 aliphatic heterocycles. The molecule has 3 aromatic rings. The molecule has 14 heteroatoms. The van der Waals surface area contributed by atoms with Crippen LogP contribution in [0.5, 0.6) is 0 Å². The number of Topliss-reactive ketones (excluding diaryl/α,β-unsaturated/α-hetero) is 1. The Hall–Kier alpha value is -4.14. The Labute approximate surface area is 262 Å². The minimum atomic E-state index is -4.26. The highest BCUT2D eigenvalue weighted by Gasteiger charge is 2.57. The predicted molar refractivity (Wildman–Crippen MR) is 160 cm³/mol. The summed E-state index contributed by atoms with van der Waals surface area (Å²) < 4.78 is 89.3. The van der Waals surface area contributed by atoms with E-state index >= 15 is 8.78 Å². The normalized spacial score (nSPS) is 25.0. The van der Waals surface area contributed by atoms with Crippen molar-refractivity contribution >= 4 is 21.5 Å². The average Bonchev–Trinajstić information content (AvgIpc) is 3.74. The largest absolute Gasteiger partial charge is 0.291 e. The number of aromatic nitrogens is 3. The summed E-state index contributed by atoms with van der Waals surface area (Å²) in [5, 5.41) is 5.09. The predicted octanol–water partition coefficient (Wildman–Crippen LogP) is 4.96. The lowest BCUT2D eigenvalue weighted by molar-refractivity contribution is -0.0222. The van der Waals surface area contributed by atoms with Crippen LogP contribution in [0.4, 0.5) is 23.2 Å². The first-order valence-electron chi connectivity index (χ1n) is 14.8. The molecule has 240 valence electrons. The first kappa shape index (κ1) is 30.5. The second kappa shape index (κ2) is 10.7. The number of sulfonamides is 1. The Morgan fingerprint density at radius 1 is 1.15 bits per heavy atom. The molecule has 9 nitrogen and oxygen atoms in total. The third-order valence-corrected chi connectivity index (χ3v) is 11.4. The number of carbonyl (C=O) groups is 1. The maximum absolute atomic E-state index is 15.8. The fraction of sp³-hybridized carbons (Fsp3) is 0.344. The van der Waals surface area contributed by atoms with E-state index in [1.165, 1.54) is 64.6 Å². The van der Waals surface area contributed by atoms with Gasteiger partial charge in [-0.15, -0.1) is 0 Å². The third kappa shape index (κ3) is 4.73. The maximum atomic E-state index is 15.8. The van der Waals surface area contributed by atoms with Crippen LogP contribution >= 0.6 is 0 Å². The second-order valence-corrected chi connectivity index (χ2v) is 14.0. The van der Waals surface area contributed by atoms with Crippen molar-refractivity contribution in [3.8, 4) is 0 Å². The summed E-state index contributed by atoms with van der Waals surface area (Å²) in [6.07, 6.45) is 6.21. The molecule has 2 N–H and O–H groups in total. The minimum Gasteiger partial charge on any atom is -0.291 e. The van der Waals surface area contributed by atoms with Gasteiger partial charge in [-0.1, -0.05) is 11.6 Å². The lowest BCUT2D eigenvalue weighted by atomic mass is 9.59. The molecule has 3 atom stereocenters. The fourth-order valence-corrected chi connectivity index (χ4v) is 8.73. The molecule has 0 amide bonds. The number of alkyl halides is 3. The Balaban J connectivity index is 1.38. The van der Waals surface area contributed by atoms with Crippen LogP contribution in [0.15, 0.2) is 94.5 Å². The molecule has 4 bridgehead atoms. The monoisotopic (exact) mass is 654 g/mol. The molecule has 4 aliphatic rings. The van der Waals surface area contributed by atoms with Crippen LogP contribution < -0.4 is 10.9 Å². The molecule has 0 saturated heterocycles.